The lowest BCUT2D eigenvalue weighted by atomic mass is 10.1. The van der Waals surface area contributed by atoms with Gasteiger partial charge in [0, 0.05) is 30.4 Å². The molecule has 0 spiro atoms. The molecule has 0 aliphatic heterocycles. The van der Waals surface area contributed by atoms with Crippen molar-refractivity contribution in [3.8, 4) is 0 Å². The van der Waals surface area contributed by atoms with Crippen molar-refractivity contribution in [2.45, 2.75) is 26.1 Å². The summed E-state index contributed by atoms with van der Waals surface area (Å²) in [6.45, 7) is 3.87. The lowest BCUT2D eigenvalue weighted by Crippen LogP contribution is -2.22. The van der Waals surface area contributed by atoms with Gasteiger partial charge >= 0.3 is 0 Å². The van der Waals surface area contributed by atoms with Gasteiger partial charge in [-0.25, -0.2) is 0 Å². The monoisotopic (exact) mass is 303 g/mol. The van der Waals surface area contributed by atoms with Gasteiger partial charge in [0.2, 0.25) is 0 Å². The summed E-state index contributed by atoms with van der Waals surface area (Å²) >= 11 is 5.94. The van der Waals surface area contributed by atoms with E-state index in [1.165, 1.54) is 11.1 Å². The molecule has 0 aliphatic carbocycles. The minimum atomic E-state index is 0.320. The fraction of sp³-hybridized carbons (Fsp3) is 0.353. The Kier molecular flexibility index (Phi) is 5.74. The Bertz CT molecular complexity index is 551. The second-order valence-corrected chi connectivity index (χ2v) is 5.77. The average molecular weight is 304 g/mol. The van der Waals surface area contributed by atoms with Gasteiger partial charge in [0.15, 0.2) is 0 Å². The number of aromatic nitrogens is 1. The summed E-state index contributed by atoms with van der Waals surface area (Å²) in [5, 5.41) is 3.90. The zero-order valence-electron chi connectivity index (χ0n) is 12.8. The third-order valence-corrected chi connectivity index (χ3v) is 3.94. The topological polar surface area (TPSA) is 28.2 Å². The number of pyridine rings is 1. The highest BCUT2D eigenvalue weighted by Gasteiger charge is 2.12. The molecule has 0 fully saturated rings. The van der Waals surface area contributed by atoms with Crippen molar-refractivity contribution in [2.75, 3.05) is 14.1 Å². The third kappa shape index (κ3) is 4.53. The Morgan fingerprint density at radius 1 is 1.19 bits per heavy atom. The Balaban J connectivity index is 1.99. The SMILES string of the molecule is CNCc1ccc(CN(C)C(C)c2ccc(Cl)cc2)nc1. The molecule has 0 saturated heterocycles. The molecule has 0 bridgehead atoms. The number of nitrogens with one attached hydrogen (secondary N) is 1. The van der Waals surface area contributed by atoms with Crippen LogP contribution in [0.3, 0.4) is 0 Å². The molecule has 1 atom stereocenters. The smallest absolute Gasteiger partial charge is 0.0544 e. The second-order valence-electron chi connectivity index (χ2n) is 5.33. The molecule has 112 valence electrons. The van der Waals surface area contributed by atoms with Gasteiger partial charge in [-0.1, -0.05) is 29.8 Å². The van der Waals surface area contributed by atoms with Crippen molar-refractivity contribution < 1.29 is 0 Å². The molecule has 0 amide bonds. The Hall–Kier alpha value is -1.42. The summed E-state index contributed by atoms with van der Waals surface area (Å²) in [4.78, 5) is 6.81. The molecular formula is C17H22ClN3. The third-order valence-electron chi connectivity index (χ3n) is 3.69. The molecule has 2 aromatic rings. The number of hydrogen-bond acceptors (Lipinski definition) is 3. The molecule has 0 saturated carbocycles. The predicted octanol–water partition coefficient (Wildman–Crippen LogP) is 3.65. The van der Waals surface area contributed by atoms with Crippen molar-refractivity contribution in [2.24, 2.45) is 0 Å². The van der Waals surface area contributed by atoms with Crippen LogP contribution in [0.2, 0.25) is 5.02 Å². The maximum absolute atomic E-state index is 5.94. The molecule has 1 N–H and O–H groups in total. The summed E-state index contributed by atoms with van der Waals surface area (Å²) in [5.74, 6) is 0. The minimum absolute atomic E-state index is 0.320. The average Bonchev–Trinajstić information content (AvgIpc) is 2.49. The van der Waals surface area contributed by atoms with Crippen LogP contribution in [0.15, 0.2) is 42.6 Å². The van der Waals surface area contributed by atoms with Gasteiger partial charge < -0.3 is 5.32 Å². The molecule has 1 heterocycles. The van der Waals surface area contributed by atoms with Gasteiger partial charge in [-0.05, 0) is 50.3 Å². The van der Waals surface area contributed by atoms with E-state index in [0.29, 0.717) is 6.04 Å². The van der Waals surface area contributed by atoms with Crippen LogP contribution in [0.1, 0.15) is 29.8 Å². The highest BCUT2D eigenvalue weighted by Crippen LogP contribution is 2.22. The Labute approximate surface area is 132 Å². The summed E-state index contributed by atoms with van der Waals surface area (Å²) in [6, 6.07) is 12.6. The van der Waals surface area contributed by atoms with E-state index in [-0.39, 0.29) is 0 Å². The zero-order valence-corrected chi connectivity index (χ0v) is 13.6. The molecule has 2 rings (SSSR count). The molecule has 1 unspecified atom stereocenters. The molecule has 4 heteroatoms. The van der Waals surface area contributed by atoms with Crippen molar-refractivity contribution in [1.29, 1.82) is 0 Å². The van der Waals surface area contributed by atoms with E-state index in [9.17, 15) is 0 Å². The van der Waals surface area contributed by atoms with Crippen LogP contribution in [0, 0.1) is 0 Å². The van der Waals surface area contributed by atoms with Gasteiger partial charge in [-0.2, -0.15) is 0 Å². The van der Waals surface area contributed by atoms with Gasteiger partial charge in [0.05, 0.1) is 5.69 Å². The summed E-state index contributed by atoms with van der Waals surface area (Å²) in [7, 11) is 4.05. The first-order valence-electron chi connectivity index (χ1n) is 7.14. The second kappa shape index (κ2) is 7.55. The van der Waals surface area contributed by atoms with Crippen LogP contribution in [-0.2, 0) is 13.1 Å². The lowest BCUT2D eigenvalue weighted by molar-refractivity contribution is 0.250. The Morgan fingerprint density at radius 2 is 1.90 bits per heavy atom. The number of rotatable bonds is 6. The van der Waals surface area contributed by atoms with Gasteiger partial charge in [-0.15, -0.1) is 0 Å². The van der Waals surface area contributed by atoms with Crippen LogP contribution in [-0.4, -0.2) is 24.0 Å². The van der Waals surface area contributed by atoms with Gasteiger partial charge in [-0.3, -0.25) is 9.88 Å². The van der Waals surface area contributed by atoms with E-state index < -0.39 is 0 Å². The molecule has 0 aliphatic rings. The number of halogens is 1. The minimum Gasteiger partial charge on any atom is -0.316 e. The van der Waals surface area contributed by atoms with Crippen molar-refractivity contribution in [3.63, 3.8) is 0 Å². The van der Waals surface area contributed by atoms with Gasteiger partial charge in [0.25, 0.3) is 0 Å². The van der Waals surface area contributed by atoms with Crippen LogP contribution < -0.4 is 5.32 Å². The maximum Gasteiger partial charge on any atom is 0.0544 e. The molecule has 21 heavy (non-hydrogen) atoms. The first-order valence-corrected chi connectivity index (χ1v) is 7.52. The molecule has 1 aromatic heterocycles. The number of nitrogens with zero attached hydrogens (tertiary/aromatic N) is 2. The lowest BCUT2D eigenvalue weighted by Gasteiger charge is -2.24. The fourth-order valence-electron chi connectivity index (χ4n) is 2.25. The van der Waals surface area contributed by atoms with E-state index in [0.717, 1.165) is 23.8 Å². The Morgan fingerprint density at radius 3 is 2.48 bits per heavy atom. The summed E-state index contributed by atoms with van der Waals surface area (Å²) in [6.07, 6.45) is 1.94. The van der Waals surface area contributed by atoms with Crippen LogP contribution in [0.4, 0.5) is 0 Å². The van der Waals surface area contributed by atoms with E-state index in [1.54, 1.807) is 0 Å². The van der Waals surface area contributed by atoms with Crippen LogP contribution >= 0.6 is 11.6 Å². The first-order chi connectivity index (χ1) is 10.1. The van der Waals surface area contributed by atoms with Crippen LogP contribution in [0.25, 0.3) is 0 Å². The number of benzene rings is 1. The molecule has 3 nitrogen and oxygen atoms in total. The quantitative estimate of drug-likeness (QED) is 0.883. The van der Waals surface area contributed by atoms with E-state index in [1.807, 2.05) is 25.4 Å². The van der Waals surface area contributed by atoms with Crippen molar-refractivity contribution in [3.05, 3.63) is 64.4 Å². The largest absolute Gasteiger partial charge is 0.316 e. The predicted molar refractivity (Wildman–Crippen MR) is 88.3 cm³/mol. The number of hydrogen-bond donors (Lipinski definition) is 1. The van der Waals surface area contributed by atoms with Crippen molar-refractivity contribution in [1.82, 2.24) is 15.2 Å². The molecule has 0 radical (unpaired) electrons. The molecular weight excluding hydrogens is 282 g/mol. The van der Waals surface area contributed by atoms with Crippen LogP contribution in [0.5, 0.6) is 0 Å². The fourth-order valence-corrected chi connectivity index (χ4v) is 2.37. The molecule has 1 aromatic carbocycles. The standard InChI is InChI=1S/C17H22ClN3/c1-13(15-5-7-16(18)8-6-15)21(3)12-17-9-4-14(10-19-2)11-20-17/h4-9,11,13,19H,10,12H2,1-3H3. The van der Waals surface area contributed by atoms with E-state index >= 15 is 0 Å². The first kappa shape index (κ1) is 16.0. The highest BCUT2D eigenvalue weighted by atomic mass is 35.5. The van der Waals surface area contributed by atoms with E-state index in [4.69, 9.17) is 11.6 Å². The maximum atomic E-state index is 5.94. The summed E-state index contributed by atoms with van der Waals surface area (Å²) in [5.41, 5.74) is 3.54. The summed E-state index contributed by atoms with van der Waals surface area (Å²) < 4.78 is 0. The van der Waals surface area contributed by atoms with Gasteiger partial charge in [0.1, 0.15) is 0 Å². The van der Waals surface area contributed by atoms with E-state index in [2.05, 4.69) is 53.4 Å². The zero-order chi connectivity index (χ0) is 15.2. The van der Waals surface area contributed by atoms with Crippen molar-refractivity contribution >= 4 is 11.6 Å². The highest BCUT2D eigenvalue weighted by molar-refractivity contribution is 6.30. The normalized spacial score (nSPS) is 12.6.